The summed E-state index contributed by atoms with van der Waals surface area (Å²) in [5.41, 5.74) is 1.57. The number of benzene rings is 2. The minimum Gasteiger partial charge on any atom is -0.387 e. The van der Waals surface area contributed by atoms with Crippen LogP contribution < -0.4 is 0 Å². The number of ether oxygens (including phenoxy) is 3. The Hall–Kier alpha value is -2.50. The molecule has 0 bridgehead atoms. The molecule has 8 nitrogen and oxygen atoms in total. The third kappa shape index (κ3) is 4.24. The number of fused-ring (bicyclic) bond motifs is 1. The van der Waals surface area contributed by atoms with Crippen LogP contribution >= 0.6 is 15.9 Å². The van der Waals surface area contributed by atoms with Gasteiger partial charge in [0.2, 0.25) is 5.78 Å². The van der Waals surface area contributed by atoms with Gasteiger partial charge in [-0.05, 0) is 50.2 Å². The highest BCUT2D eigenvalue weighted by Gasteiger charge is 2.54. The fourth-order valence-electron chi connectivity index (χ4n) is 4.10. The van der Waals surface area contributed by atoms with Crippen LogP contribution in [0, 0.1) is 5.82 Å². The third-order valence-corrected chi connectivity index (χ3v) is 6.17. The Labute approximate surface area is 197 Å². The predicted octanol–water partition coefficient (Wildman–Crippen LogP) is 3.32. The second kappa shape index (κ2) is 8.37. The average Bonchev–Trinajstić information content (AvgIpc) is 3.41. The first-order valence-corrected chi connectivity index (χ1v) is 11.2. The van der Waals surface area contributed by atoms with Gasteiger partial charge in [-0.2, -0.15) is 0 Å². The molecule has 10 heteroatoms. The fraction of sp³-hybridized carbons (Fsp3) is 0.348. The smallest absolute Gasteiger partial charge is 0.215 e. The van der Waals surface area contributed by atoms with Crippen molar-refractivity contribution in [2.75, 3.05) is 0 Å². The molecule has 1 unspecified atom stereocenters. The van der Waals surface area contributed by atoms with Crippen LogP contribution in [-0.2, 0) is 20.8 Å². The topological polar surface area (TPSA) is 95.7 Å². The van der Waals surface area contributed by atoms with E-state index in [4.69, 9.17) is 14.2 Å². The summed E-state index contributed by atoms with van der Waals surface area (Å²) in [4.78, 5) is 13.2. The fourth-order valence-corrected chi connectivity index (χ4v) is 4.37. The van der Waals surface area contributed by atoms with Gasteiger partial charge in [0.15, 0.2) is 17.8 Å². The van der Waals surface area contributed by atoms with Crippen molar-refractivity contribution in [2.24, 2.45) is 0 Å². The van der Waals surface area contributed by atoms with E-state index in [1.54, 1.807) is 13.8 Å². The molecule has 0 saturated carbocycles. The molecule has 2 aliphatic heterocycles. The van der Waals surface area contributed by atoms with Crippen molar-refractivity contribution in [3.8, 4) is 11.3 Å². The van der Waals surface area contributed by atoms with Crippen LogP contribution in [0.25, 0.3) is 11.3 Å². The number of ketones is 1. The molecule has 3 heterocycles. The van der Waals surface area contributed by atoms with Gasteiger partial charge in [0, 0.05) is 15.6 Å². The molecule has 2 aromatic carbocycles. The van der Waals surface area contributed by atoms with Crippen LogP contribution in [0.2, 0.25) is 0 Å². The number of aromatic nitrogens is 3. The zero-order valence-corrected chi connectivity index (χ0v) is 19.4. The molecule has 172 valence electrons. The van der Waals surface area contributed by atoms with E-state index in [1.165, 1.54) is 28.9 Å². The SMILES string of the molecule is CC1(C)O[C@H]2OC(Cn3nnc(C(=O)c4ccc(F)cc4)c3-c3ccc(Br)cc3)[C@H](O)[C@H]2O1. The summed E-state index contributed by atoms with van der Waals surface area (Å²) in [6.07, 6.45) is -2.94. The molecule has 0 spiro atoms. The van der Waals surface area contributed by atoms with Gasteiger partial charge in [0.1, 0.15) is 29.8 Å². The summed E-state index contributed by atoms with van der Waals surface area (Å²) in [6, 6.07) is 12.6. The summed E-state index contributed by atoms with van der Waals surface area (Å²) >= 11 is 3.41. The van der Waals surface area contributed by atoms with E-state index in [2.05, 4.69) is 26.2 Å². The molecule has 1 N–H and O–H groups in total. The third-order valence-electron chi connectivity index (χ3n) is 5.64. The molecule has 3 aromatic rings. The van der Waals surface area contributed by atoms with Crippen molar-refractivity contribution in [3.63, 3.8) is 0 Å². The standard InChI is InChI=1S/C23H21BrFN3O5/c1-23(2)32-21-20(30)16(31-22(21)33-23)11-28-18(12-3-7-14(24)8-4-12)17(26-27-28)19(29)13-5-9-15(25)10-6-13/h3-10,16,20-22,30H,11H2,1-2H3/t16?,20-,21+,22+/m0/s1. The first-order chi connectivity index (χ1) is 15.7. The number of aliphatic hydroxyl groups is 1. The van der Waals surface area contributed by atoms with E-state index in [-0.39, 0.29) is 17.8 Å². The number of aliphatic hydroxyl groups excluding tert-OH is 1. The number of nitrogens with zero attached hydrogens (tertiary/aromatic N) is 3. The molecule has 0 aliphatic carbocycles. The van der Waals surface area contributed by atoms with Gasteiger partial charge in [-0.1, -0.05) is 33.3 Å². The zero-order chi connectivity index (χ0) is 23.3. The van der Waals surface area contributed by atoms with Gasteiger partial charge in [-0.15, -0.1) is 5.10 Å². The van der Waals surface area contributed by atoms with Gasteiger partial charge in [-0.25, -0.2) is 9.07 Å². The lowest BCUT2D eigenvalue weighted by Gasteiger charge is -2.23. The molecule has 5 rings (SSSR count). The number of hydrogen-bond donors (Lipinski definition) is 1. The van der Waals surface area contributed by atoms with Gasteiger partial charge in [-0.3, -0.25) is 4.79 Å². The minimum atomic E-state index is -0.949. The number of halogens is 2. The molecule has 2 aliphatic rings. The van der Waals surface area contributed by atoms with Crippen molar-refractivity contribution in [1.82, 2.24) is 15.0 Å². The second-order valence-corrected chi connectivity index (χ2v) is 9.36. The Balaban J connectivity index is 1.48. The van der Waals surface area contributed by atoms with E-state index >= 15 is 0 Å². The average molecular weight is 518 g/mol. The summed E-state index contributed by atoms with van der Waals surface area (Å²) in [7, 11) is 0. The maximum atomic E-state index is 13.3. The van der Waals surface area contributed by atoms with Crippen molar-refractivity contribution >= 4 is 21.7 Å². The molecular formula is C23H21BrFN3O5. The van der Waals surface area contributed by atoms with Crippen LogP contribution in [0.15, 0.2) is 53.0 Å². The predicted molar refractivity (Wildman–Crippen MR) is 118 cm³/mol. The summed E-state index contributed by atoms with van der Waals surface area (Å²) in [5.74, 6) is -1.67. The molecule has 0 radical (unpaired) electrons. The van der Waals surface area contributed by atoms with Crippen molar-refractivity contribution in [1.29, 1.82) is 0 Å². The molecule has 2 saturated heterocycles. The van der Waals surface area contributed by atoms with E-state index in [9.17, 15) is 14.3 Å². The van der Waals surface area contributed by atoms with E-state index < -0.39 is 42.0 Å². The summed E-state index contributed by atoms with van der Waals surface area (Å²) in [6.45, 7) is 3.63. The highest BCUT2D eigenvalue weighted by Crippen LogP contribution is 2.38. The van der Waals surface area contributed by atoms with Crippen molar-refractivity contribution in [3.05, 3.63) is 70.1 Å². The lowest BCUT2D eigenvalue weighted by molar-refractivity contribution is -0.216. The van der Waals surface area contributed by atoms with E-state index in [1.807, 2.05) is 24.3 Å². The highest BCUT2D eigenvalue weighted by atomic mass is 79.9. The Morgan fingerprint density at radius 1 is 1.15 bits per heavy atom. The van der Waals surface area contributed by atoms with E-state index in [0.29, 0.717) is 11.3 Å². The maximum Gasteiger partial charge on any atom is 0.215 e. The van der Waals surface area contributed by atoms with Crippen molar-refractivity contribution in [2.45, 2.75) is 50.8 Å². The molecular weight excluding hydrogens is 497 g/mol. The molecule has 0 amide bonds. The maximum absolute atomic E-state index is 13.3. The molecule has 2 fully saturated rings. The lowest BCUT2D eigenvalue weighted by Crippen LogP contribution is -2.36. The zero-order valence-electron chi connectivity index (χ0n) is 17.8. The van der Waals surface area contributed by atoms with Gasteiger partial charge >= 0.3 is 0 Å². The Morgan fingerprint density at radius 3 is 2.52 bits per heavy atom. The Kier molecular flexibility index (Phi) is 5.66. The largest absolute Gasteiger partial charge is 0.387 e. The van der Waals surface area contributed by atoms with Gasteiger partial charge in [0.05, 0.1) is 6.54 Å². The van der Waals surface area contributed by atoms with Crippen LogP contribution in [0.5, 0.6) is 0 Å². The lowest BCUT2D eigenvalue weighted by atomic mass is 10.0. The molecule has 33 heavy (non-hydrogen) atoms. The Morgan fingerprint density at radius 2 is 1.85 bits per heavy atom. The normalized spacial score (nSPS) is 25.8. The van der Waals surface area contributed by atoms with Gasteiger partial charge in [0.25, 0.3) is 0 Å². The monoisotopic (exact) mass is 517 g/mol. The summed E-state index contributed by atoms with van der Waals surface area (Å²) < 4.78 is 33.1. The number of hydrogen-bond acceptors (Lipinski definition) is 7. The number of carbonyl (C=O) groups excluding carboxylic acids is 1. The quantitative estimate of drug-likeness (QED) is 0.518. The molecule has 4 atom stereocenters. The van der Waals surface area contributed by atoms with Crippen LogP contribution in [0.4, 0.5) is 4.39 Å². The van der Waals surface area contributed by atoms with Crippen LogP contribution in [0.3, 0.4) is 0 Å². The number of carbonyl (C=O) groups is 1. The van der Waals surface area contributed by atoms with Gasteiger partial charge < -0.3 is 19.3 Å². The number of rotatable bonds is 5. The minimum absolute atomic E-state index is 0.116. The highest BCUT2D eigenvalue weighted by molar-refractivity contribution is 9.10. The second-order valence-electron chi connectivity index (χ2n) is 8.45. The van der Waals surface area contributed by atoms with Crippen molar-refractivity contribution < 1.29 is 28.5 Å². The summed E-state index contributed by atoms with van der Waals surface area (Å²) in [5, 5.41) is 19.1. The van der Waals surface area contributed by atoms with Crippen LogP contribution in [-0.4, -0.2) is 56.3 Å². The van der Waals surface area contributed by atoms with Crippen LogP contribution in [0.1, 0.15) is 29.9 Å². The first kappa shape index (κ1) is 22.3. The molecule has 1 aromatic heterocycles. The first-order valence-electron chi connectivity index (χ1n) is 10.4. The Bertz CT molecular complexity index is 1180. The van der Waals surface area contributed by atoms with E-state index in [0.717, 1.165) is 4.47 Å².